The number of hydrogen-bond donors (Lipinski definition) is 2. The van der Waals surface area contributed by atoms with Crippen molar-refractivity contribution in [2.75, 3.05) is 23.7 Å². The molecule has 3 rings (SSSR count). The summed E-state index contributed by atoms with van der Waals surface area (Å²) in [6, 6.07) is 16.4. The number of nitrogens with one attached hydrogen (secondary N) is 1. The van der Waals surface area contributed by atoms with E-state index in [-0.39, 0.29) is 30.7 Å². The maximum atomic E-state index is 12.0. The van der Waals surface area contributed by atoms with Crippen LogP contribution in [0, 0.1) is 0 Å². The maximum absolute atomic E-state index is 12.0. The number of carbonyl (C=O) groups excluding carboxylic acids is 1. The number of para-hydroxylation sites is 1. The minimum absolute atomic E-state index is 0. The van der Waals surface area contributed by atoms with Gasteiger partial charge in [-0.25, -0.2) is 0 Å². The zero-order valence-electron chi connectivity index (χ0n) is 14.3. The molecule has 6 heteroatoms. The Morgan fingerprint density at radius 2 is 1.84 bits per heavy atom. The number of carbonyl (C=O) groups is 1. The van der Waals surface area contributed by atoms with Gasteiger partial charge in [-0.05, 0) is 42.7 Å². The molecule has 0 radical (unpaired) electrons. The molecule has 2 aromatic rings. The lowest BCUT2D eigenvalue weighted by atomic mass is 10.1. The first-order chi connectivity index (χ1) is 11.1. The molecule has 1 aliphatic rings. The molecule has 0 saturated carbocycles. The van der Waals surface area contributed by atoms with Crippen molar-refractivity contribution in [3.63, 3.8) is 0 Å². The highest BCUT2D eigenvalue weighted by Crippen LogP contribution is 2.31. The van der Waals surface area contributed by atoms with Gasteiger partial charge < -0.3 is 16.0 Å². The van der Waals surface area contributed by atoms with Gasteiger partial charge in [0.1, 0.15) is 0 Å². The molecule has 3 N–H and O–H groups in total. The Morgan fingerprint density at radius 1 is 1.16 bits per heavy atom. The largest absolute Gasteiger partial charge is 0.399 e. The predicted octanol–water partition coefficient (Wildman–Crippen LogP) is 3.22. The third kappa shape index (κ3) is 5.28. The van der Waals surface area contributed by atoms with Crippen LogP contribution in [0.2, 0.25) is 0 Å². The maximum Gasteiger partial charge on any atom is 0.224 e. The van der Waals surface area contributed by atoms with Gasteiger partial charge in [0.15, 0.2) is 0 Å². The Balaban J connectivity index is 0.00000156. The molecule has 25 heavy (non-hydrogen) atoms. The van der Waals surface area contributed by atoms with Gasteiger partial charge in [0, 0.05) is 30.5 Å². The quantitative estimate of drug-likeness (QED) is 0.781. The van der Waals surface area contributed by atoms with Crippen LogP contribution in [-0.4, -0.2) is 25.0 Å². The second kappa shape index (κ2) is 9.54. The number of halogens is 2. The first-order valence-electron chi connectivity index (χ1n) is 8.09. The van der Waals surface area contributed by atoms with Crippen LogP contribution in [-0.2, 0) is 17.6 Å². The zero-order chi connectivity index (χ0) is 16.2. The minimum atomic E-state index is 0. The molecule has 0 spiro atoms. The van der Waals surface area contributed by atoms with Gasteiger partial charge in [0.25, 0.3) is 0 Å². The lowest BCUT2D eigenvalue weighted by Gasteiger charge is -2.25. The standard InChI is InChI=1S/C19H23N3O.2ClH/c1-14-12-16-4-2-3-5-18(16)22(14)11-10-21-19(23)13-15-6-8-17(20)9-7-15;;/h2-9,14H,10-13,20H2,1H3,(H,21,23);2*1H. The van der Waals surface area contributed by atoms with Crippen molar-refractivity contribution >= 4 is 42.1 Å². The van der Waals surface area contributed by atoms with Gasteiger partial charge in [-0.3, -0.25) is 4.79 Å². The molecule has 1 aliphatic heterocycles. The van der Waals surface area contributed by atoms with E-state index in [0.717, 1.165) is 24.2 Å². The lowest BCUT2D eigenvalue weighted by molar-refractivity contribution is -0.120. The van der Waals surface area contributed by atoms with Crippen LogP contribution in [0.5, 0.6) is 0 Å². The van der Waals surface area contributed by atoms with Crippen LogP contribution >= 0.6 is 24.8 Å². The lowest BCUT2D eigenvalue weighted by Crippen LogP contribution is -2.38. The SMILES string of the molecule is CC1Cc2ccccc2N1CCNC(=O)Cc1ccc(N)cc1.Cl.Cl. The Kier molecular flexibility index (Phi) is 8.07. The first-order valence-corrected chi connectivity index (χ1v) is 8.09. The molecule has 4 nitrogen and oxygen atoms in total. The second-order valence-corrected chi connectivity index (χ2v) is 6.14. The summed E-state index contributed by atoms with van der Waals surface area (Å²) in [6.45, 7) is 3.73. The molecule has 0 saturated heterocycles. The van der Waals surface area contributed by atoms with Crippen LogP contribution in [0.1, 0.15) is 18.1 Å². The van der Waals surface area contributed by atoms with Gasteiger partial charge in [0.05, 0.1) is 6.42 Å². The summed E-state index contributed by atoms with van der Waals surface area (Å²) in [5.41, 5.74) is 10.1. The fraction of sp³-hybridized carbons (Fsp3) is 0.316. The van der Waals surface area contributed by atoms with E-state index in [1.807, 2.05) is 24.3 Å². The fourth-order valence-electron chi connectivity index (χ4n) is 3.17. The number of benzene rings is 2. The Labute approximate surface area is 161 Å². The number of rotatable bonds is 5. The second-order valence-electron chi connectivity index (χ2n) is 6.14. The van der Waals surface area contributed by atoms with Crippen LogP contribution in [0.3, 0.4) is 0 Å². The summed E-state index contributed by atoms with van der Waals surface area (Å²) in [6.07, 6.45) is 1.47. The highest BCUT2D eigenvalue weighted by Gasteiger charge is 2.24. The topological polar surface area (TPSA) is 58.4 Å². The fourth-order valence-corrected chi connectivity index (χ4v) is 3.17. The molecular formula is C19H25Cl2N3O. The van der Waals surface area contributed by atoms with Crippen molar-refractivity contribution in [2.45, 2.75) is 25.8 Å². The number of fused-ring (bicyclic) bond motifs is 1. The third-order valence-electron chi connectivity index (χ3n) is 4.37. The number of nitrogens with two attached hydrogens (primary N) is 1. The van der Waals surface area contributed by atoms with Gasteiger partial charge in [-0.1, -0.05) is 30.3 Å². The van der Waals surface area contributed by atoms with Crippen molar-refractivity contribution in [3.8, 4) is 0 Å². The van der Waals surface area contributed by atoms with E-state index < -0.39 is 0 Å². The van der Waals surface area contributed by atoms with Crippen LogP contribution in [0.25, 0.3) is 0 Å². The van der Waals surface area contributed by atoms with Gasteiger partial charge in [-0.2, -0.15) is 0 Å². The van der Waals surface area contributed by atoms with E-state index in [9.17, 15) is 4.79 Å². The average molecular weight is 382 g/mol. The van der Waals surface area contributed by atoms with Gasteiger partial charge in [0.2, 0.25) is 5.91 Å². The van der Waals surface area contributed by atoms with Crippen LogP contribution < -0.4 is 16.0 Å². The first kappa shape index (κ1) is 21.1. The molecular weight excluding hydrogens is 357 g/mol. The Bertz CT molecular complexity index is 691. The third-order valence-corrected chi connectivity index (χ3v) is 4.37. The summed E-state index contributed by atoms with van der Waals surface area (Å²) in [7, 11) is 0. The van der Waals surface area contributed by atoms with Crippen LogP contribution in [0.15, 0.2) is 48.5 Å². The predicted molar refractivity (Wildman–Crippen MR) is 109 cm³/mol. The highest BCUT2D eigenvalue weighted by molar-refractivity contribution is 5.85. The van der Waals surface area contributed by atoms with E-state index in [4.69, 9.17) is 5.73 Å². The van der Waals surface area contributed by atoms with E-state index in [1.165, 1.54) is 11.3 Å². The number of hydrogen-bond acceptors (Lipinski definition) is 3. The summed E-state index contributed by atoms with van der Waals surface area (Å²) < 4.78 is 0. The number of anilines is 2. The van der Waals surface area contributed by atoms with Gasteiger partial charge in [-0.15, -0.1) is 24.8 Å². The molecule has 0 aromatic heterocycles. The summed E-state index contributed by atoms with van der Waals surface area (Å²) in [5.74, 6) is 0.0508. The summed E-state index contributed by atoms with van der Waals surface area (Å²) in [4.78, 5) is 14.4. The van der Waals surface area contributed by atoms with Crippen molar-refractivity contribution in [3.05, 3.63) is 59.7 Å². The number of amides is 1. The van der Waals surface area contributed by atoms with Crippen molar-refractivity contribution in [2.24, 2.45) is 0 Å². The normalized spacial score (nSPS) is 14.9. The number of nitrogens with zero attached hydrogens (tertiary/aromatic N) is 1. The van der Waals surface area contributed by atoms with Crippen molar-refractivity contribution in [1.29, 1.82) is 0 Å². The minimum Gasteiger partial charge on any atom is -0.399 e. The summed E-state index contributed by atoms with van der Waals surface area (Å²) >= 11 is 0. The summed E-state index contributed by atoms with van der Waals surface area (Å²) in [5, 5.41) is 3.01. The van der Waals surface area contributed by atoms with E-state index in [1.54, 1.807) is 0 Å². The van der Waals surface area contributed by atoms with Crippen LogP contribution in [0.4, 0.5) is 11.4 Å². The molecule has 1 unspecified atom stereocenters. The molecule has 0 fully saturated rings. The molecule has 2 aromatic carbocycles. The Hall–Kier alpha value is -1.91. The van der Waals surface area contributed by atoms with E-state index >= 15 is 0 Å². The van der Waals surface area contributed by atoms with E-state index in [0.29, 0.717) is 19.0 Å². The molecule has 0 bridgehead atoms. The van der Waals surface area contributed by atoms with Crippen molar-refractivity contribution in [1.82, 2.24) is 5.32 Å². The monoisotopic (exact) mass is 381 g/mol. The van der Waals surface area contributed by atoms with E-state index in [2.05, 4.69) is 41.4 Å². The number of nitrogen functional groups attached to an aromatic ring is 1. The molecule has 1 amide bonds. The molecule has 1 atom stereocenters. The average Bonchev–Trinajstić information content (AvgIpc) is 2.86. The van der Waals surface area contributed by atoms with Crippen molar-refractivity contribution < 1.29 is 4.79 Å². The smallest absolute Gasteiger partial charge is 0.224 e. The zero-order valence-corrected chi connectivity index (χ0v) is 15.9. The molecule has 136 valence electrons. The van der Waals surface area contributed by atoms with Gasteiger partial charge >= 0.3 is 0 Å². The molecule has 0 aliphatic carbocycles. The molecule has 1 heterocycles. The highest BCUT2D eigenvalue weighted by atomic mass is 35.5. The Morgan fingerprint density at radius 3 is 2.56 bits per heavy atom.